The van der Waals surface area contributed by atoms with Crippen LogP contribution in [-0.2, 0) is 9.63 Å². The highest BCUT2D eigenvalue weighted by Gasteiger charge is 2.05. The molecule has 2 aromatic rings. The first-order valence-electron chi connectivity index (χ1n) is 5.91. The van der Waals surface area contributed by atoms with Crippen molar-refractivity contribution in [2.24, 2.45) is 5.16 Å². The molecule has 0 aliphatic rings. The summed E-state index contributed by atoms with van der Waals surface area (Å²) in [6.07, 6.45) is 0. The van der Waals surface area contributed by atoms with Gasteiger partial charge in [-0.05, 0) is 46.4 Å². The summed E-state index contributed by atoms with van der Waals surface area (Å²) in [7, 11) is 0. The Morgan fingerprint density at radius 2 is 2.15 bits per heavy atom. The van der Waals surface area contributed by atoms with Gasteiger partial charge in [-0.3, -0.25) is 4.79 Å². The fourth-order valence-corrected chi connectivity index (χ4v) is 2.52. The van der Waals surface area contributed by atoms with E-state index >= 15 is 0 Å². The molecule has 1 aromatic carbocycles. The average Bonchev–Trinajstić information content (AvgIpc) is 2.95. The lowest BCUT2D eigenvalue weighted by Crippen LogP contribution is -2.17. The minimum absolute atomic E-state index is 0.121. The molecule has 0 bridgehead atoms. The number of amides is 1. The summed E-state index contributed by atoms with van der Waals surface area (Å²) in [5.74, 6) is -0.250. The molecule has 0 aliphatic carbocycles. The molecule has 1 aromatic heterocycles. The van der Waals surface area contributed by atoms with Gasteiger partial charge in [-0.25, -0.2) is 0 Å². The van der Waals surface area contributed by atoms with E-state index in [1.54, 1.807) is 11.3 Å². The topological polar surface area (TPSA) is 50.7 Å². The van der Waals surface area contributed by atoms with Gasteiger partial charge in [0.05, 0.1) is 16.3 Å². The standard InChI is InChI=1S/C14H13BrN2O2S/c1-10(13-7-4-8-20-13)17-19-9-14(18)16-12-6-3-2-5-11(12)15/h2-8H,9H2,1H3,(H,16,18)/b17-10-. The Morgan fingerprint density at radius 3 is 2.85 bits per heavy atom. The number of thiophene rings is 1. The minimum Gasteiger partial charge on any atom is -0.385 e. The number of carbonyl (C=O) groups excluding carboxylic acids is 1. The number of para-hydroxylation sites is 1. The van der Waals surface area contributed by atoms with Crippen LogP contribution in [0.15, 0.2) is 51.4 Å². The van der Waals surface area contributed by atoms with Gasteiger partial charge in [0.1, 0.15) is 0 Å². The highest BCUT2D eigenvalue weighted by Crippen LogP contribution is 2.20. The molecule has 0 saturated heterocycles. The Balaban J connectivity index is 1.84. The van der Waals surface area contributed by atoms with E-state index in [-0.39, 0.29) is 12.5 Å². The highest BCUT2D eigenvalue weighted by atomic mass is 79.9. The zero-order chi connectivity index (χ0) is 14.4. The summed E-state index contributed by atoms with van der Waals surface area (Å²) < 4.78 is 0.826. The number of hydrogen-bond acceptors (Lipinski definition) is 4. The molecule has 20 heavy (non-hydrogen) atoms. The third kappa shape index (κ3) is 4.18. The number of nitrogens with one attached hydrogen (secondary N) is 1. The van der Waals surface area contributed by atoms with Crippen molar-refractivity contribution in [3.63, 3.8) is 0 Å². The summed E-state index contributed by atoms with van der Waals surface area (Å²) in [5, 5.41) is 8.63. The largest absolute Gasteiger partial charge is 0.385 e. The van der Waals surface area contributed by atoms with E-state index in [0.29, 0.717) is 5.69 Å². The fourth-order valence-electron chi connectivity index (χ4n) is 1.47. The van der Waals surface area contributed by atoms with Crippen LogP contribution in [0, 0.1) is 0 Å². The molecule has 2 rings (SSSR count). The lowest BCUT2D eigenvalue weighted by Gasteiger charge is -2.06. The second-order valence-electron chi connectivity index (χ2n) is 3.96. The summed E-state index contributed by atoms with van der Waals surface area (Å²) >= 11 is 4.94. The first-order valence-corrected chi connectivity index (χ1v) is 7.59. The van der Waals surface area contributed by atoms with Gasteiger partial charge in [0.25, 0.3) is 5.91 Å². The average molecular weight is 353 g/mol. The maximum absolute atomic E-state index is 11.7. The van der Waals surface area contributed by atoms with Gasteiger partial charge >= 0.3 is 0 Å². The quantitative estimate of drug-likeness (QED) is 0.655. The molecule has 1 N–H and O–H groups in total. The van der Waals surface area contributed by atoms with E-state index in [9.17, 15) is 4.79 Å². The molecule has 0 spiro atoms. The Labute approximate surface area is 129 Å². The van der Waals surface area contributed by atoms with Crippen LogP contribution in [0.1, 0.15) is 11.8 Å². The zero-order valence-electron chi connectivity index (χ0n) is 10.8. The molecule has 1 amide bonds. The number of nitrogens with zero attached hydrogens (tertiary/aromatic N) is 1. The van der Waals surface area contributed by atoms with Crippen molar-refractivity contribution in [3.8, 4) is 0 Å². The first-order chi connectivity index (χ1) is 9.66. The highest BCUT2D eigenvalue weighted by molar-refractivity contribution is 9.10. The Bertz CT molecular complexity index is 611. The Morgan fingerprint density at radius 1 is 1.35 bits per heavy atom. The van der Waals surface area contributed by atoms with E-state index < -0.39 is 0 Å². The van der Waals surface area contributed by atoms with Crippen molar-refractivity contribution in [1.82, 2.24) is 0 Å². The molecule has 0 fully saturated rings. The summed E-state index contributed by atoms with van der Waals surface area (Å²) in [6, 6.07) is 11.3. The van der Waals surface area contributed by atoms with Crippen molar-refractivity contribution < 1.29 is 9.63 Å². The number of oxime groups is 1. The summed E-state index contributed by atoms with van der Waals surface area (Å²) in [4.78, 5) is 17.8. The predicted octanol–water partition coefficient (Wildman–Crippen LogP) is 3.89. The van der Waals surface area contributed by atoms with E-state index in [2.05, 4.69) is 26.4 Å². The van der Waals surface area contributed by atoms with Gasteiger partial charge in [0, 0.05) is 4.47 Å². The van der Waals surface area contributed by atoms with Gasteiger partial charge in [0.2, 0.25) is 0 Å². The second kappa shape index (κ2) is 7.21. The minimum atomic E-state index is -0.250. The fraction of sp³-hybridized carbons (Fsp3) is 0.143. The molecular weight excluding hydrogens is 340 g/mol. The zero-order valence-corrected chi connectivity index (χ0v) is 13.2. The molecule has 0 atom stereocenters. The van der Waals surface area contributed by atoms with Crippen LogP contribution in [0.25, 0.3) is 0 Å². The SMILES string of the molecule is C/C(=N/OCC(=O)Nc1ccccc1Br)c1cccs1. The molecule has 4 nitrogen and oxygen atoms in total. The van der Waals surface area contributed by atoms with Crippen LogP contribution < -0.4 is 5.32 Å². The van der Waals surface area contributed by atoms with Gasteiger partial charge in [-0.2, -0.15) is 0 Å². The van der Waals surface area contributed by atoms with Crippen LogP contribution in [0.2, 0.25) is 0 Å². The van der Waals surface area contributed by atoms with Crippen LogP contribution in [0.4, 0.5) is 5.69 Å². The van der Waals surface area contributed by atoms with Gasteiger partial charge in [0.15, 0.2) is 6.61 Å². The molecule has 0 aliphatic heterocycles. The first kappa shape index (κ1) is 14.7. The van der Waals surface area contributed by atoms with Crippen LogP contribution >= 0.6 is 27.3 Å². The molecule has 104 valence electrons. The van der Waals surface area contributed by atoms with Gasteiger partial charge in [-0.15, -0.1) is 11.3 Å². The van der Waals surface area contributed by atoms with Gasteiger partial charge < -0.3 is 10.2 Å². The Hall–Kier alpha value is -1.66. The molecule has 6 heteroatoms. The summed E-state index contributed by atoms with van der Waals surface area (Å²) in [5.41, 5.74) is 1.47. The van der Waals surface area contributed by atoms with Crippen molar-refractivity contribution in [1.29, 1.82) is 0 Å². The number of benzene rings is 1. The van der Waals surface area contributed by atoms with Crippen LogP contribution in [0.5, 0.6) is 0 Å². The lowest BCUT2D eigenvalue weighted by molar-refractivity contribution is -0.120. The molecular formula is C14H13BrN2O2S. The van der Waals surface area contributed by atoms with E-state index in [1.807, 2.05) is 48.7 Å². The maximum Gasteiger partial charge on any atom is 0.265 e. The van der Waals surface area contributed by atoms with Crippen molar-refractivity contribution in [2.45, 2.75) is 6.92 Å². The van der Waals surface area contributed by atoms with Crippen molar-refractivity contribution >= 4 is 44.6 Å². The monoisotopic (exact) mass is 352 g/mol. The van der Waals surface area contributed by atoms with Crippen molar-refractivity contribution in [3.05, 3.63) is 51.1 Å². The number of anilines is 1. The lowest BCUT2D eigenvalue weighted by atomic mass is 10.3. The van der Waals surface area contributed by atoms with E-state index in [4.69, 9.17) is 4.84 Å². The third-order valence-electron chi connectivity index (χ3n) is 2.42. The number of rotatable bonds is 5. The maximum atomic E-state index is 11.7. The van der Waals surface area contributed by atoms with E-state index in [1.165, 1.54) is 0 Å². The number of halogens is 1. The number of hydrogen-bond donors (Lipinski definition) is 1. The summed E-state index contributed by atoms with van der Waals surface area (Å²) in [6.45, 7) is 1.72. The molecule has 0 unspecified atom stereocenters. The second-order valence-corrected chi connectivity index (χ2v) is 5.76. The third-order valence-corrected chi connectivity index (χ3v) is 4.09. The predicted molar refractivity (Wildman–Crippen MR) is 85.3 cm³/mol. The van der Waals surface area contributed by atoms with Crippen LogP contribution in [0.3, 0.4) is 0 Å². The molecule has 0 saturated carbocycles. The Kier molecular flexibility index (Phi) is 5.31. The van der Waals surface area contributed by atoms with Crippen molar-refractivity contribution in [2.75, 3.05) is 11.9 Å². The van der Waals surface area contributed by atoms with Gasteiger partial charge in [-0.1, -0.05) is 23.4 Å². The molecule has 1 heterocycles. The number of carbonyl (C=O) groups is 1. The smallest absolute Gasteiger partial charge is 0.265 e. The molecule has 0 radical (unpaired) electrons. The normalized spacial score (nSPS) is 11.2. The van der Waals surface area contributed by atoms with E-state index in [0.717, 1.165) is 15.1 Å². The van der Waals surface area contributed by atoms with Crippen LogP contribution in [-0.4, -0.2) is 18.2 Å².